The molecule has 1 aliphatic rings. The van der Waals surface area contributed by atoms with E-state index in [0.29, 0.717) is 12.1 Å². The average Bonchev–Trinajstić information content (AvgIpc) is 2.47. The maximum absolute atomic E-state index is 4.45. The van der Waals surface area contributed by atoms with Crippen LogP contribution in [0.2, 0.25) is 0 Å². The summed E-state index contributed by atoms with van der Waals surface area (Å²) in [6, 6.07) is 0. The lowest BCUT2D eigenvalue weighted by molar-refractivity contribution is 0.119. The monoisotopic (exact) mass is 197 g/mol. The van der Waals surface area contributed by atoms with Crippen LogP contribution in [0, 0.1) is 5.92 Å². The van der Waals surface area contributed by atoms with Crippen molar-refractivity contribution in [1.29, 1.82) is 0 Å². The van der Waals surface area contributed by atoms with Crippen molar-refractivity contribution in [2.45, 2.75) is 46.7 Å². The largest absolute Gasteiger partial charge is 0.339 e. The predicted molar refractivity (Wildman–Crippen MR) is 61.1 cm³/mol. The van der Waals surface area contributed by atoms with Crippen LogP contribution in [-0.2, 0) is 0 Å². The SMILES string of the molecule is CCCN1N=CN(CC(C)C)C1CC. The van der Waals surface area contributed by atoms with E-state index in [4.69, 9.17) is 0 Å². The second kappa shape index (κ2) is 5.23. The Bertz CT molecular complexity index is 189. The molecule has 0 amide bonds. The highest BCUT2D eigenvalue weighted by atomic mass is 15.6. The minimum absolute atomic E-state index is 0.498. The molecule has 0 aromatic rings. The second-order valence-corrected chi connectivity index (χ2v) is 4.37. The van der Waals surface area contributed by atoms with Crippen LogP contribution in [-0.4, -0.2) is 35.5 Å². The van der Waals surface area contributed by atoms with E-state index < -0.39 is 0 Å². The Morgan fingerprint density at radius 3 is 2.57 bits per heavy atom. The molecular weight excluding hydrogens is 174 g/mol. The first-order valence-corrected chi connectivity index (χ1v) is 5.75. The van der Waals surface area contributed by atoms with Crippen LogP contribution < -0.4 is 0 Å². The fourth-order valence-corrected chi connectivity index (χ4v) is 1.93. The Morgan fingerprint density at radius 2 is 2.07 bits per heavy atom. The molecule has 1 unspecified atom stereocenters. The molecule has 0 saturated carbocycles. The zero-order valence-corrected chi connectivity index (χ0v) is 9.90. The van der Waals surface area contributed by atoms with Gasteiger partial charge in [0.25, 0.3) is 0 Å². The van der Waals surface area contributed by atoms with Crippen molar-refractivity contribution < 1.29 is 0 Å². The summed E-state index contributed by atoms with van der Waals surface area (Å²) in [5, 5.41) is 6.66. The number of rotatable bonds is 5. The van der Waals surface area contributed by atoms with E-state index in [2.05, 4.69) is 42.7 Å². The summed E-state index contributed by atoms with van der Waals surface area (Å²) in [6.07, 6.45) is 4.82. The molecule has 0 aromatic carbocycles. The molecule has 3 nitrogen and oxygen atoms in total. The standard InChI is InChI=1S/C11H23N3/c1-5-7-14-11(6-2)13(9-12-14)8-10(3)4/h9-11H,5-8H2,1-4H3. The number of hydrazone groups is 1. The van der Waals surface area contributed by atoms with Gasteiger partial charge < -0.3 is 4.90 Å². The van der Waals surface area contributed by atoms with Crippen molar-refractivity contribution >= 4 is 6.34 Å². The Morgan fingerprint density at radius 1 is 1.36 bits per heavy atom. The van der Waals surface area contributed by atoms with E-state index in [-0.39, 0.29) is 0 Å². The van der Waals surface area contributed by atoms with Gasteiger partial charge in [-0.1, -0.05) is 27.7 Å². The van der Waals surface area contributed by atoms with E-state index in [1.165, 1.54) is 6.42 Å². The average molecular weight is 197 g/mol. The summed E-state index contributed by atoms with van der Waals surface area (Å²) in [4.78, 5) is 2.36. The molecule has 0 aromatic heterocycles. The van der Waals surface area contributed by atoms with Crippen LogP contribution in [0.4, 0.5) is 0 Å². The Balaban J connectivity index is 2.50. The molecule has 0 spiro atoms. The lowest BCUT2D eigenvalue weighted by Crippen LogP contribution is -2.41. The van der Waals surface area contributed by atoms with Gasteiger partial charge in [0.1, 0.15) is 12.5 Å². The molecule has 0 fully saturated rings. The molecular formula is C11H23N3. The molecule has 1 aliphatic heterocycles. The maximum atomic E-state index is 4.45. The highest BCUT2D eigenvalue weighted by Crippen LogP contribution is 2.17. The van der Waals surface area contributed by atoms with Gasteiger partial charge in [-0.25, -0.2) is 0 Å². The van der Waals surface area contributed by atoms with Gasteiger partial charge in [-0.15, -0.1) is 0 Å². The zero-order valence-electron chi connectivity index (χ0n) is 9.90. The lowest BCUT2D eigenvalue weighted by atomic mass is 10.2. The first kappa shape index (κ1) is 11.3. The number of nitrogens with zero attached hydrogens (tertiary/aromatic N) is 3. The van der Waals surface area contributed by atoms with Crippen LogP contribution >= 0.6 is 0 Å². The van der Waals surface area contributed by atoms with Gasteiger partial charge in [0, 0.05) is 13.1 Å². The highest BCUT2D eigenvalue weighted by molar-refractivity contribution is 5.57. The molecule has 1 atom stereocenters. The van der Waals surface area contributed by atoms with Crippen molar-refractivity contribution in [1.82, 2.24) is 9.91 Å². The van der Waals surface area contributed by atoms with Crippen LogP contribution in [0.3, 0.4) is 0 Å². The van der Waals surface area contributed by atoms with Crippen LogP contribution in [0.1, 0.15) is 40.5 Å². The quantitative estimate of drug-likeness (QED) is 0.673. The van der Waals surface area contributed by atoms with E-state index in [9.17, 15) is 0 Å². The molecule has 0 radical (unpaired) electrons. The summed E-state index contributed by atoms with van der Waals surface area (Å²) < 4.78 is 0. The Labute approximate surface area is 87.8 Å². The normalized spacial score (nSPS) is 21.4. The summed E-state index contributed by atoms with van der Waals surface area (Å²) in [7, 11) is 0. The second-order valence-electron chi connectivity index (χ2n) is 4.37. The van der Waals surface area contributed by atoms with Crippen molar-refractivity contribution in [3.63, 3.8) is 0 Å². The first-order chi connectivity index (χ1) is 6.69. The fourth-order valence-electron chi connectivity index (χ4n) is 1.93. The minimum atomic E-state index is 0.498. The van der Waals surface area contributed by atoms with Gasteiger partial charge in [0.2, 0.25) is 0 Å². The summed E-state index contributed by atoms with van der Waals surface area (Å²) in [6.45, 7) is 11.1. The van der Waals surface area contributed by atoms with E-state index >= 15 is 0 Å². The van der Waals surface area contributed by atoms with Crippen molar-refractivity contribution in [2.24, 2.45) is 11.0 Å². The maximum Gasteiger partial charge on any atom is 0.118 e. The molecule has 1 heterocycles. The van der Waals surface area contributed by atoms with Gasteiger partial charge in [0.15, 0.2) is 0 Å². The van der Waals surface area contributed by atoms with Gasteiger partial charge in [-0.05, 0) is 18.8 Å². The van der Waals surface area contributed by atoms with E-state index in [1.54, 1.807) is 0 Å². The third-order valence-corrected chi connectivity index (χ3v) is 2.47. The molecule has 0 saturated heterocycles. The molecule has 0 aliphatic carbocycles. The summed E-state index contributed by atoms with van der Waals surface area (Å²) in [5.41, 5.74) is 0. The third-order valence-electron chi connectivity index (χ3n) is 2.47. The smallest absolute Gasteiger partial charge is 0.118 e. The molecule has 3 heteroatoms. The Hall–Kier alpha value is -0.730. The summed E-state index contributed by atoms with van der Waals surface area (Å²) >= 11 is 0. The highest BCUT2D eigenvalue weighted by Gasteiger charge is 2.25. The Kier molecular flexibility index (Phi) is 4.23. The number of hydrogen-bond acceptors (Lipinski definition) is 3. The van der Waals surface area contributed by atoms with Crippen LogP contribution in [0.15, 0.2) is 5.10 Å². The van der Waals surface area contributed by atoms with E-state index in [0.717, 1.165) is 19.5 Å². The minimum Gasteiger partial charge on any atom is -0.339 e. The molecule has 1 rings (SSSR count). The molecule has 0 N–H and O–H groups in total. The summed E-state index contributed by atoms with van der Waals surface area (Å²) in [5.74, 6) is 0.706. The van der Waals surface area contributed by atoms with Crippen LogP contribution in [0.25, 0.3) is 0 Å². The van der Waals surface area contributed by atoms with Gasteiger partial charge in [-0.2, -0.15) is 5.10 Å². The van der Waals surface area contributed by atoms with Gasteiger partial charge >= 0.3 is 0 Å². The van der Waals surface area contributed by atoms with Crippen molar-refractivity contribution in [3.05, 3.63) is 0 Å². The third kappa shape index (κ3) is 2.63. The molecule has 82 valence electrons. The van der Waals surface area contributed by atoms with Crippen molar-refractivity contribution in [3.8, 4) is 0 Å². The van der Waals surface area contributed by atoms with Crippen LogP contribution in [0.5, 0.6) is 0 Å². The van der Waals surface area contributed by atoms with Gasteiger partial charge in [-0.3, -0.25) is 5.01 Å². The lowest BCUT2D eigenvalue weighted by Gasteiger charge is -2.30. The predicted octanol–water partition coefficient (Wildman–Crippen LogP) is 2.35. The van der Waals surface area contributed by atoms with E-state index in [1.807, 2.05) is 6.34 Å². The molecule has 14 heavy (non-hydrogen) atoms. The molecule has 0 bridgehead atoms. The fraction of sp³-hybridized carbons (Fsp3) is 0.909. The first-order valence-electron chi connectivity index (χ1n) is 5.75. The van der Waals surface area contributed by atoms with Crippen molar-refractivity contribution in [2.75, 3.05) is 13.1 Å². The van der Waals surface area contributed by atoms with Gasteiger partial charge in [0.05, 0.1) is 0 Å². The topological polar surface area (TPSA) is 18.8 Å². The number of hydrogen-bond donors (Lipinski definition) is 0. The zero-order chi connectivity index (χ0) is 10.6.